The monoisotopic (exact) mass is 341 g/mol. The van der Waals surface area contributed by atoms with Gasteiger partial charge in [0.15, 0.2) is 0 Å². The predicted molar refractivity (Wildman–Crippen MR) is 86.5 cm³/mol. The first-order valence-corrected chi connectivity index (χ1v) is 8.66. The van der Waals surface area contributed by atoms with Gasteiger partial charge in [0.05, 0.1) is 0 Å². The Balaban J connectivity index is 2.05. The van der Waals surface area contributed by atoms with Gasteiger partial charge < -0.3 is 5.32 Å². The molecule has 0 spiro atoms. The van der Waals surface area contributed by atoms with E-state index in [2.05, 4.69) is 34.2 Å². The second-order valence-corrected chi connectivity index (χ2v) is 6.86. The fourth-order valence-corrected chi connectivity index (χ4v) is 3.77. The normalized spacial score (nSPS) is 23.6. The SMILES string of the molecule is CCCNC1CCCCCC1Cc1cc(F)cc(Br)c1. The molecule has 2 unspecified atom stereocenters. The average Bonchev–Trinajstić information content (AvgIpc) is 2.60. The van der Waals surface area contributed by atoms with Crippen molar-refractivity contribution >= 4 is 15.9 Å². The summed E-state index contributed by atoms with van der Waals surface area (Å²) in [6, 6.07) is 5.88. The first kappa shape index (κ1) is 16.0. The van der Waals surface area contributed by atoms with Gasteiger partial charge in [-0.3, -0.25) is 0 Å². The van der Waals surface area contributed by atoms with Gasteiger partial charge in [-0.15, -0.1) is 0 Å². The molecule has 1 aliphatic rings. The molecule has 1 fully saturated rings. The van der Waals surface area contributed by atoms with Crippen LogP contribution < -0.4 is 5.32 Å². The van der Waals surface area contributed by atoms with Crippen LogP contribution in [-0.2, 0) is 6.42 Å². The highest BCUT2D eigenvalue weighted by molar-refractivity contribution is 9.10. The molecule has 0 aromatic heterocycles. The molecule has 20 heavy (non-hydrogen) atoms. The van der Waals surface area contributed by atoms with Crippen molar-refractivity contribution in [3.05, 3.63) is 34.1 Å². The Labute approximate surface area is 130 Å². The fraction of sp³-hybridized carbons (Fsp3) is 0.647. The molecule has 1 N–H and O–H groups in total. The molecule has 112 valence electrons. The minimum Gasteiger partial charge on any atom is -0.314 e. The Morgan fingerprint density at radius 2 is 2.00 bits per heavy atom. The summed E-state index contributed by atoms with van der Waals surface area (Å²) in [4.78, 5) is 0. The first-order valence-electron chi connectivity index (χ1n) is 7.87. The average molecular weight is 342 g/mol. The summed E-state index contributed by atoms with van der Waals surface area (Å²) < 4.78 is 14.4. The van der Waals surface area contributed by atoms with E-state index in [1.165, 1.54) is 44.6 Å². The van der Waals surface area contributed by atoms with Crippen LogP contribution in [0.3, 0.4) is 0 Å². The summed E-state index contributed by atoms with van der Waals surface area (Å²) in [7, 11) is 0. The maximum absolute atomic E-state index is 13.5. The molecule has 1 aromatic rings. The van der Waals surface area contributed by atoms with Crippen LogP contribution in [0.2, 0.25) is 0 Å². The molecule has 0 bridgehead atoms. The summed E-state index contributed by atoms with van der Waals surface area (Å²) in [5.74, 6) is 0.499. The number of hydrogen-bond donors (Lipinski definition) is 1. The summed E-state index contributed by atoms with van der Waals surface area (Å²) in [6.45, 7) is 3.30. The molecule has 2 atom stereocenters. The Hall–Kier alpha value is -0.410. The molecular weight excluding hydrogens is 317 g/mol. The number of hydrogen-bond acceptors (Lipinski definition) is 1. The van der Waals surface area contributed by atoms with Crippen LogP contribution in [0.15, 0.2) is 22.7 Å². The van der Waals surface area contributed by atoms with Crippen molar-refractivity contribution < 1.29 is 4.39 Å². The minimum absolute atomic E-state index is 0.138. The van der Waals surface area contributed by atoms with Gasteiger partial charge in [-0.2, -0.15) is 0 Å². The summed E-state index contributed by atoms with van der Waals surface area (Å²) in [6.07, 6.45) is 8.66. The van der Waals surface area contributed by atoms with Gasteiger partial charge in [0.2, 0.25) is 0 Å². The molecule has 3 heteroatoms. The van der Waals surface area contributed by atoms with E-state index >= 15 is 0 Å². The third kappa shape index (κ3) is 4.85. The lowest BCUT2D eigenvalue weighted by Gasteiger charge is -2.26. The van der Waals surface area contributed by atoms with Crippen LogP contribution in [0.1, 0.15) is 51.0 Å². The highest BCUT2D eigenvalue weighted by Gasteiger charge is 2.23. The topological polar surface area (TPSA) is 12.0 Å². The van der Waals surface area contributed by atoms with Gasteiger partial charge >= 0.3 is 0 Å². The van der Waals surface area contributed by atoms with Crippen LogP contribution in [-0.4, -0.2) is 12.6 Å². The highest BCUT2D eigenvalue weighted by Crippen LogP contribution is 2.28. The van der Waals surface area contributed by atoms with E-state index in [9.17, 15) is 4.39 Å². The van der Waals surface area contributed by atoms with Crippen LogP contribution in [0.25, 0.3) is 0 Å². The maximum Gasteiger partial charge on any atom is 0.124 e. The predicted octanol–water partition coefficient (Wildman–Crippen LogP) is 5.08. The van der Waals surface area contributed by atoms with Crippen LogP contribution >= 0.6 is 15.9 Å². The molecule has 1 aliphatic carbocycles. The molecule has 1 aromatic carbocycles. The van der Waals surface area contributed by atoms with E-state index < -0.39 is 0 Å². The van der Waals surface area contributed by atoms with Crippen LogP contribution in [0.4, 0.5) is 4.39 Å². The third-order valence-corrected chi connectivity index (χ3v) is 4.69. The van der Waals surface area contributed by atoms with Gasteiger partial charge in [0.1, 0.15) is 5.82 Å². The van der Waals surface area contributed by atoms with Crippen molar-refractivity contribution in [2.24, 2.45) is 5.92 Å². The Morgan fingerprint density at radius 3 is 2.75 bits per heavy atom. The van der Waals surface area contributed by atoms with Gasteiger partial charge in [-0.25, -0.2) is 4.39 Å². The zero-order chi connectivity index (χ0) is 14.4. The lowest BCUT2D eigenvalue weighted by atomic mass is 9.88. The number of rotatable bonds is 5. The molecule has 0 amide bonds. The Bertz CT molecular complexity index is 401. The molecule has 2 rings (SSSR count). The Morgan fingerprint density at radius 1 is 1.20 bits per heavy atom. The zero-order valence-electron chi connectivity index (χ0n) is 12.3. The molecule has 1 nitrogen and oxygen atoms in total. The largest absolute Gasteiger partial charge is 0.314 e. The summed E-state index contributed by atoms with van der Waals surface area (Å²) >= 11 is 3.39. The van der Waals surface area contributed by atoms with Gasteiger partial charge in [0, 0.05) is 10.5 Å². The van der Waals surface area contributed by atoms with E-state index in [4.69, 9.17) is 0 Å². The molecule has 0 aliphatic heterocycles. The fourth-order valence-electron chi connectivity index (χ4n) is 3.26. The molecule has 0 heterocycles. The van der Waals surface area contributed by atoms with Gasteiger partial charge in [-0.1, -0.05) is 42.1 Å². The van der Waals surface area contributed by atoms with E-state index in [1.54, 1.807) is 6.07 Å². The summed E-state index contributed by atoms with van der Waals surface area (Å²) in [5.41, 5.74) is 1.12. The van der Waals surface area contributed by atoms with Gasteiger partial charge in [0.25, 0.3) is 0 Å². The van der Waals surface area contributed by atoms with Gasteiger partial charge in [-0.05, 0) is 61.9 Å². The van der Waals surface area contributed by atoms with E-state index in [-0.39, 0.29) is 5.82 Å². The first-order chi connectivity index (χ1) is 9.69. The van der Waals surface area contributed by atoms with Crippen molar-refractivity contribution in [1.82, 2.24) is 5.32 Å². The molecule has 1 saturated carbocycles. The highest BCUT2D eigenvalue weighted by atomic mass is 79.9. The molecular formula is C17H25BrFN. The smallest absolute Gasteiger partial charge is 0.124 e. The van der Waals surface area contributed by atoms with E-state index in [0.29, 0.717) is 12.0 Å². The lowest BCUT2D eigenvalue weighted by Crippen LogP contribution is -2.37. The third-order valence-electron chi connectivity index (χ3n) is 4.24. The van der Waals surface area contributed by atoms with Crippen molar-refractivity contribution in [3.8, 4) is 0 Å². The zero-order valence-corrected chi connectivity index (χ0v) is 13.9. The second-order valence-electron chi connectivity index (χ2n) is 5.94. The van der Waals surface area contributed by atoms with Crippen molar-refractivity contribution in [3.63, 3.8) is 0 Å². The number of halogens is 2. The molecule has 0 saturated heterocycles. The summed E-state index contributed by atoms with van der Waals surface area (Å²) in [5, 5.41) is 3.71. The minimum atomic E-state index is -0.138. The van der Waals surface area contributed by atoms with Crippen molar-refractivity contribution in [2.75, 3.05) is 6.54 Å². The number of benzene rings is 1. The van der Waals surface area contributed by atoms with Crippen LogP contribution in [0.5, 0.6) is 0 Å². The van der Waals surface area contributed by atoms with Crippen LogP contribution in [0, 0.1) is 11.7 Å². The number of nitrogens with one attached hydrogen (secondary N) is 1. The van der Waals surface area contributed by atoms with Crippen molar-refractivity contribution in [2.45, 2.75) is 57.9 Å². The molecule has 0 radical (unpaired) electrons. The standard InChI is InChI=1S/C17H25BrFN/c1-2-8-20-17-7-5-3-4-6-14(17)9-13-10-15(18)12-16(19)11-13/h10-12,14,17,20H,2-9H2,1H3. The lowest BCUT2D eigenvalue weighted by molar-refractivity contribution is 0.332. The van der Waals surface area contributed by atoms with Crippen molar-refractivity contribution in [1.29, 1.82) is 0 Å². The Kier molecular flexibility index (Phi) is 6.50. The van der Waals surface area contributed by atoms with E-state index in [1.807, 2.05) is 0 Å². The quantitative estimate of drug-likeness (QED) is 0.736. The van der Waals surface area contributed by atoms with E-state index in [0.717, 1.165) is 23.0 Å². The second kappa shape index (κ2) is 8.14. The maximum atomic E-state index is 13.5.